The van der Waals surface area contributed by atoms with E-state index in [0.717, 1.165) is 0 Å². The van der Waals surface area contributed by atoms with E-state index in [1.54, 1.807) is 12.5 Å². The fourth-order valence-electron chi connectivity index (χ4n) is 2.61. The first-order chi connectivity index (χ1) is 15.9. The largest absolute Gasteiger partial charge is 0.481 e. The number of carbonyl (C=O) groups is 6. The molecular weight excluding hydrogens is 492 g/mol. The maximum absolute atomic E-state index is 12.8. The van der Waals surface area contributed by atoms with Crippen LogP contribution in [0.15, 0.2) is 0 Å². The number of aliphatic carboxylic acids is 3. The molecule has 194 valence electrons. The quantitative estimate of drug-likeness (QED) is 0.111. The predicted octanol–water partition coefficient (Wildman–Crippen LogP) is -1.30. The number of carbonyl (C=O) groups excluding carboxylic acids is 3. The van der Waals surface area contributed by atoms with Gasteiger partial charge >= 0.3 is 17.9 Å². The third-order valence-corrected chi connectivity index (χ3v) is 5.77. The van der Waals surface area contributed by atoms with E-state index >= 15 is 0 Å². The number of rotatable bonds is 18. The van der Waals surface area contributed by atoms with Gasteiger partial charge in [-0.05, 0) is 43.3 Å². The molecule has 0 radical (unpaired) electrons. The Labute approximate surface area is 205 Å². The van der Waals surface area contributed by atoms with Crippen LogP contribution in [-0.4, -0.2) is 99.1 Å². The SMILES string of the molecule is CSCCC(NC(=O)C(CC(=O)O)NC(=O)C(CCSC)NC(=O)C(N)CCC(=O)O)C(=O)O. The van der Waals surface area contributed by atoms with Gasteiger partial charge in [0.15, 0.2) is 0 Å². The summed E-state index contributed by atoms with van der Waals surface area (Å²) in [4.78, 5) is 71.0. The normalized spacial score (nSPS) is 14.2. The molecule has 0 saturated heterocycles. The van der Waals surface area contributed by atoms with Crippen LogP contribution in [0.25, 0.3) is 0 Å². The number of hydrogen-bond donors (Lipinski definition) is 7. The van der Waals surface area contributed by atoms with Gasteiger partial charge in [0.1, 0.15) is 18.1 Å². The van der Waals surface area contributed by atoms with Crippen molar-refractivity contribution in [2.75, 3.05) is 24.0 Å². The summed E-state index contributed by atoms with van der Waals surface area (Å²) in [5.41, 5.74) is 5.67. The Hall–Kier alpha value is -2.52. The van der Waals surface area contributed by atoms with E-state index in [-0.39, 0.29) is 25.7 Å². The zero-order valence-corrected chi connectivity index (χ0v) is 20.6. The lowest BCUT2D eigenvalue weighted by molar-refractivity contribution is -0.144. The summed E-state index contributed by atoms with van der Waals surface area (Å²) in [6, 6.07) is -5.22. The summed E-state index contributed by atoms with van der Waals surface area (Å²) >= 11 is 2.74. The van der Waals surface area contributed by atoms with Gasteiger partial charge in [-0.25, -0.2) is 4.79 Å². The van der Waals surface area contributed by atoms with Crippen molar-refractivity contribution in [3.05, 3.63) is 0 Å². The number of carboxylic acid groups (broad SMARTS) is 3. The lowest BCUT2D eigenvalue weighted by Crippen LogP contribution is -2.57. The Kier molecular flexibility index (Phi) is 15.7. The molecule has 0 aliphatic rings. The lowest BCUT2D eigenvalue weighted by Gasteiger charge is -2.24. The van der Waals surface area contributed by atoms with Crippen LogP contribution in [0.4, 0.5) is 0 Å². The molecule has 0 aromatic carbocycles. The summed E-state index contributed by atoms with van der Waals surface area (Å²) in [5.74, 6) is -5.61. The number of carboxylic acids is 3. The maximum atomic E-state index is 12.8. The van der Waals surface area contributed by atoms with Crippen molar-refractivity contribution < 1.29 is 44.1 Å². The van der Waals surface area contributed by atoms with Crippen LogP contribution in [0.2, 0.25) is 0 Å². The van der Waals surface area contributed by atoms with Crippen LogP contribution in [0.3, 0.4) is 0 Å². The third kappa shape index (κ3) is 13.3. The van der Waals surface area contributed by atoms with Crippen molar-refractivity contribution in [3.8, 4) is 0 Å². The molecule has 0 rings (SSSR count). The Bertz CT molecular complexity index is 739. The second-order valence-electron chi connectivity index (χ2n) is 7.22. The molecule has 0 saturated carbocycles. The van der Waals surface area contributed by atoms with E-state index in [2.05, 4.69) is 16.0 Å². The summed E-state index contributed by atoms with van der Waals surface area (Å²) < 4.78 is 0. The van der Waals surface area contributed by atoms with Gasteiger partial charge in [-0.3, -0.25) is 24.0 Å². The van der Waals surface area contributed by atoms with Gasteiger partial charge in [0.25, 0.3) is 0 Å². The molecule has 0 heterocycles. The second-order valence-corrected chi connectivity index (χ2v) is 9.19. The van der Waals surface area contributed by atoms with Gasteiger partial charge in [-0.2, -0.15) is 23.5 Å². The average molecular weight is 525 g/mol. The molecule has 8 N–H and O–H groups in total. The highest BCUT2D eigenvalue weighted by Crippen LogP contribution is 2.06. The minimum Gasteiger partial charge on any atom is -0.481 e. The van der Waals surface area contributed by atoms with Crippen LogP contribution in [0.1, 0.15) is 32.1 Å². The van der Waals surface area contributed by atoms with Crippen molar-refractivity contribution in [2.45, 2.75) is 56.3 Å². The molecule has 4 unspecified atom stereocenters. The van der Waals surface area contributed by atoms with Gasteiger partial charge in [0.05, 0.1) is 12.5 Å². The fourth-order valence-corrected chi connectivity index (χ4v) is 3.56. The molecule has 0 aliphatic carbocycles. The molecule has 34 heavy (non-hydrogen) atoms. The van der Waals surface area contributed by atoms with E-state index in [1.165, 1.54) is 23.5 Å². The zero-order chi connectivity index (χ0) is 26.3. The number of hydrogen-bond acceptors (Lipinski definition) is 9. The average Bonchev–Trinajstić information content (AvgIpc) is 2.76. The Morgan fingerprint density at radius 3 is 1.65 bits per heavy atom. The monoisotopic (exact) mass is 524 g/mol. The van der Waals surface area contributed by atoms with Crippen molar-refractivity contribution in [3.63, 3.8) is 0 Å². The highest BCUT2D eigenvalue weighted by molar-refractivity contribution is 7.98. The van der Waals surface area contributed by atoms with Gasteiger partial charge in [0, 0.05) is 6.42 Å². The molecule has 0 fully saturated rings. The molecule has 3 amide bonds. The number of amides is 3. The van der Waals surface area contributed by atoms with Crippen molar-refractivity contribution in [2.24, 2.45) is 5.73 Å². The lowest BCUT2D eigenvalue weighted by atomic mass is 10.1. The zero-order valence-electron chi connectivity index (χ0n) is 18.9. The van der Waals surface area contributed by atoms with Crippen molar-refractivity contribution in [1.29, 1.82) is 0 Å². The number of nitrogens with two attached hydrogens (primary N) is 1. The first kappa shape index (κ1) is 31.5. The summed E-state index contributed by atoms with van der Waals surface area (Å²) in [6.45, 7) is 0. The van der Waals surface area contributed by atoms with Crippen LogP contribution in [-0.2, 0) is 28.8 Å². The Morgan fingerprint density at radius 2 is 1.18 bits per heavy atom. The molecule has 15 heteroatoms. The molecule has 0 aromatic rings. The molecule has 0 bridgehead atoms. The number of nitrogens with one attached hydrogen (secondary N) is 3. The maximum Gasteiger partial charge on any atom is 0.326 e. The Morgan fingerprint density at radius 1 is 0.706 bits per heavy atom. The summed E-state index contributed by atoms with van der Waals surface area (Å²) in [7, 11) is 0. The Balaban J connectivity index is 5.42. The van der Waals surface area contributed by atoms with E-state index in [4.69, 9.17) is 15.9 Å². The fraction of sp³-hybridized carbons (Fsp3) is 0.684. The topological polar surface area (TPSA) is 225 Å². The van der Waals surface area contributed by atoms with Crippen molar-refractivity contribution in [1.82, 2.24) is 16.0 Å². The van der Waals surface area contributed by atoms with E-state index < -0.39 is 66.2 Å². The summed E-state index contributed by atoms with van der Waals surface area (Å²) in [5, 5.41) is 34.0. The molecule has 0 aliphatic heterocycles. The predicted molar refractivity (Wildman–Crippen MR) is 127 cm³/mol. The highest BCUT2D eigenvalue weighted by atomic mass is 32.2. The number of thioether (sulfide) groups is 2. The van der Waals surface area contributed by atoms with Crippen LogP contribution in [0, 0.1) is 0 Å². The van der Waals surface area contributed by atoms with E-state index in [0.29, 0.717) is 11.5 Å². The minimum absolute atomic E-state index is 0.0939. The second kappa shape index (κ2) is 17.0. The van der Waals surface area contributed by atoms with Gasteiger partial charge in [-0.1, -0.05) is 0 Å². The summed E-state index contributed by atoms with van der Waals surface area (Å²) in [6.07, 6.45) is 2.41. The van der Waals surface area contributed by atoms with Crippen LogP contribution in [0.5, 0.6) is 0 Å². The first-order valence-corrected chi connectivity index (χ1v) is 13.0. The van der Waals surface area contributed by atoms with Gasteiger partial charge in [0.2, 0.25) is 17.7 Å². The minimum atomic E-state index is -1.59. The molecule has 13 nitrogen and oxygen atoms in total. The molecule has 0 spiro atoms. The standard InChI is InChI=1S/C19H32N4O9S2/c1-33-7-5-11(21-16(28)10(20)3-4-14(24)25)17(29)23-13(9-15(26)27)18(30)22-12(19(31)32)6-8-34-2/h10-13H,3-9,20H2,1-2H3,(H,21,28)(H,22,30)(H,23,29)(H,24,25)(H,26,27)(H,31,32). The highest BCUT2D eigenvalue weighted by Gasteiger charge is 2.31. The van der Waals surface area contributed by atoms with Crippen LogP contribution < -0.4 is 21.7 Å². The third-order valence-electron chi connectivity index (χ3n) is 4.49. The van der Waals surface area contributed by atoms with Crippen molar-refractivity contribution >= 4 is 59.2 Å². The van der Waals surface area contributed by atoms with Gasteiger partial charge in [-0.15, -0.1) is 0 Å². The molecule has 4 atom stereocenters. The van der Waals surface area contributed by atoms with Gasteiger partial charge < -0.3 is 37.0 Å². The van der Waals surface area contributed by atoms with E-state index in [1.807, 2.05) is 0 Å². The molecule has 0 aromatic heterocycles. The van der Waals surface area contributed by atoms with Crippen LogP contribution >= 0.6 is 23.5 Å². The smallest absolute Gasteiger partial charge is 0.326 e. The first-order valence-electron chi connectivity index (χ1n) is 10.2. The molecular formula is C19H32N4O9S2. The van der Waals surface area contributed by atoms with E-state index in [9.17, 15) is 33.9 Å².